The van der Waals surface area contributed by atoms with Gasteiger partial charge >= 0.3 is 0 Å². The van der Waals surface area contributed by atoms with Crippen molar-refractivity contribution in [1.29, 1.82) is 0 Å². The molecule has 3 atom stereocenters. The molecule has 4 heteroatoms. The van der Waals surface area contributed by atoms with Crippen LogP contribution in [0.2, 0.25) is 0 Å². The molecule has 0 aromatic carbocycles. The summed E-state index contributed by atoms with van der Waals surface area (Å²) in [5, 5.41) is 3.60. The molecule has 18 heavy (non-hydrogen) atoms. The molecule has 0 aromatic rings. The highest BCUT2D eigenvalue weighted by atomic mass is 16.5. The fourth-order valence-electron chi connectivity index (χ4n) is 2.78. The van der Waals surface area contributed by atoms with E-state index in [0.717, 1.165) is 45.9 Å². The minimum atomic E-state index is 0.476. The third kappa shape index (κ3) is 4.84. The van der Waals surface area contributed by atoms with Gasteiger partial charge in [0.2, 0.25) is 0 Å². The topological polar surface area (TPSA) is 33.7 Å². The summed E-state index contributed by atoms with van der Waals surface area (Å²) in [5.41, 5.74) is 0. The van der Waals surface area contributed by atoms with Crippen molar-refractivity contribution in [2.75, 3.05) is 46.6 Å². The molecule has 0 amide bonds. The van der Waals surface area contributed by atoms with E-state index in [0.29, 0.717) is 18.0 Å². The summed E-state index contributed by atoms with van der Waals surface area (Å²) in [6, 6.07) is 1.08. The molecule has 1 heterocycles. The highest BCUT2D eigenvalue weighted by Crippen LogP contribution is 2.17. The Bertz CT molecular complexity index is 212. The molecule has 0 aromatic heterocycles. The van der Waals surface area contributed by atoms with Crippen LogP contribution < -0.4 is 5.32 Å². The zero-order valence-electron chi connectivity index (χ0n) is 12.4. The van der Waals surface area contributed by atoms with Gasteiger partial charge in [-0.15, -0.1) is 0 Å². The van der Waals surface area contributed by atoms with Gasteiger partial charge in [0, 0.05) is 38.3 Å². The Morgan fingerprint density at radius 2 is 2.22 bits per heavy atom. The van der Waals surface area contributed by atoms with E-state index in [1.807, 2.05) is 0 Å². The summed E-state index contributed by atoms with van der Waals surface area (Å²) in [6.45, 7) is 12.4. The molecule has 1 saturated heterocycles. The van der Waals surface area contributed by atoms with Crippen molar-refractivity contribution in [3.05, 3.63) is 0 Å². The number of ether oxygens (including phenoxy) is 2. The Morgan fingerprint density at radius 1 is 1.44 bits per heavy atom. The van der Waals surface area contributed by atoms with Crippen molar-refractivity contribution in [3.8, 4) is 0 Å². The summed E-state index contributed by atoms with van der Waals surface area (Å²) >= 11 is 0. The Kier molecular flexibility index (Phi) is 7.82. The highest BCUT2D eigenvalue weighted by molar-refractivity contribution is 4.83. The second kappa shape index (κ2) is 8.86. The summed E-state index contributed by atoms with van der Waals surface area (Å²) in [7, 11) is 1.77. The average Bonchev–Trinajstić information content (AvgIpc) is 2.38. The minimum absolute atomic E-state index is 0.476. The van der Waals surface area contributed by atoms with Crippen LogP contribution in [0.15, 0.2) is 0 Å². The van der Waals surface area contributed by atoms with E-state index in [1.54, 1.807) is 7.11 Å². The molecule has 1 aliphatic heterocycles. The van der Waals surface area contributed by atoms with E-state index in [2.05, 4.69) is 31.0 Å². The third-order valence-electron chi connectivity index (χ3n) is 3.85. The SMILES string of the molecule is CCNC1CCOCC1CN(CC)C(C)COC. The van der Waals surface area contributed by atoms with Gasteiger partial charge in [0.25, 0.3) is 0 Å². The first kappa shape index (κ1) is 15.9. The Hall–Kier alpha value is -0.160. The van der Waals surface area contributed by atoms with Gasteiger partial charge < -0.3 is 14.8 Å². The number of hydrogen-bond donors (Lipinski definition) is 1. The van der Waals surface area contributed by atoms with Gasteiger partial charge in [0.05, 0.1) is 13.2 Å². The minimum Gasteiger partial charge on any atom is -0.383 e. The predicted octanol–water partition coefficient (Wildman–Crippen LogP) is 1.36. The number of hydrogen-bond acceptors (Lipinski definition) is 4. The molecular formula is C14H30N2O2. The van der Waals surface area contributed by atoms with Gasteiger partial charge in [0.1, 0.15) is 0 Å². The summed E-state index contributed by atoms with van der Waals surface area (Å²) in [4.78, 5) is 2.49. The van der Waals surface area contributed by atoms with Crippen molar-refractivity contribution in [1.82, 2.24) is 10.2 Å². The maximum absolute atomic E-state index is 5.65. The number of methoxy groups -OCH3 is 1. The van der Waals surface area contributed by atoms with Crippen LogP contribution in [-0.2, 0) is 9.47 Å². The van der Waals surface area contributed by atoms with E-state index in [1.165, 1.54) is 0 Å². The predicted molar refractivity (Wildman–Crippen MR) is 75.0 cm³/mol. The first-order chi connectivity index (χ1) is 8.72. The van der Waals surface area contributed by atoms with Gasteiger partial charge in [0.15, 0.2) is 0 Å². The molecule has 3 unspecified atom stereocenters. The molecule has 0 aliphatic carbocycles. The van der Waals surface area contributed by atoms with E-state index in [4.69, 9.17) is 9.47 Å². The van der Waals surface area contributed by atoms with Gasteiger partial charge in [-0.1, -0.05) is 13.8 Å². The molecule has 1 aliphatic rings. The molecule has 1 fully saturated rings. The zero-order valence-corrected chi connectivity index (χ0v) is 12.4. The lowest BCUT2D eigenvalue weighted by Gasteiger charge is -2.37. The monoisotopic (exact) mass is 258 g/mol. The van der Waals surface area contributed by atoms with E-state index in [-0.39, 0.29) is 0 Å². The van der Waals surface area contributed by atoms with Gasteiger partial charge in [-0.3, -0.25) is 4.90 Å². The van der Waals surface area contributed by atoms with Crippen molar-refractivity contribution in [2.45, 2.75) is 39.3 Å². The lowest BCUT2D eigenvalue weighted by atomic mass is 9.94. The van der Waals surface area contributed by atoms with Crippen LogP contribution in [-0.4, -0.2) is 63.5 Å². The number of likely N-dealkylation sites (N-methyl/N-ethyl adjacent to an activating group) is 1. The molecule has 108 valence electrons. The van der Waals surface area contributed by atoms with E-state index < -0.39 is 0 Å². The maximum Gasteiger partial charge on any atom is 0.0615 e. The van der Waals surface area contributed by atoms with Gasteiger partial charge in [-0.25, -0.2) is 0 Å². The molecule has 0 bridgehead atoms. The maximum atomic E-state index is 5.65. The van der Waals surface area contributed by atoms with Gasteiger partial charge in [-0.2, -0.15) is 0 Å². The molecule has 0 radical (unpaired) electrons. The van der Waals surface area contributed by atoms with Crippen LogP contribution in [0, 0.1) is 5.92 Å². The lowest BCUT2D eigenvalue weighted by Crippen LogP contribution is -2.50. The number of nitrogens with one attached hydrogen (secondary N) is 1. The fourth-order valence-corrected chi connectivity index (χ4v) is 2.78. The van der Waals surface area contributed by atoms with Crippen LogP contribution in [0.25, 0.3) is 0 Å². The zero-order chi connectivity index (χ0) is 13.4. The Labute approximate surface area is 112 Å². The normalized spacial score (nSPS) is 26.5. The lowest BCUT2D eigenvalue weighted by molar-refractivity contribution is 0.00530. The van der Waals surface area contributed by atoms with Crippen molar-refractivity contribution < 1.29 is 9.47 Å². The van der Waals surface area contributed by atoms with Crippen LogP contribution >= 0.6 is 0 Å². The molecule has 1 rings (SSSR count). The second-order valence-corrected chi connectivity index (χ2v) is 5.18. The van der Waals surface area contributed by atoms with E-state index in [9.17, 15) is 0 Å². The fraction of sp³-hybridized carbons (Fsp3) is 1.00. The smallest absolute Gasteiger partial charge is 0.0615 e. The van der Waals surface area contributed by atoms with Crippen molar-refractivity contribution in [3.63, 3.8) is 0 Å². The Morgan fingerprint density at radius 3 is 2.83 bits per heavy atom. The van der Waals surface area contributed by atoms with Gasteiger partial charge in [-0.05, 0) is 26.4 Å². The first-order valence-electron chi connectivity index (χ1n) is 7.27. The molecule has 0 saturated carbocycles. The molecule has 1 N–H and O–H groups in total. The summed E-state index contributed by atoms with van der Waals surface area (Å²) in [6.07, 6.45) is 1.13. The van der Waals surface area contributed by atoms with Crippen LogP contribution in [0.4, 0.5) is 0 Å². The van der Waals surface area contributed by atoms with E-state index >= 15 is 0 Å². The van der Waals surface area contributed by atoms with Crippen LogP contribution in [0.1, 0.15) is 27.2 Å². The Balaban J connectivity index is 2.49. The quantitative estimate of drug-likeness (QED) is 0.713. The molecular weight excluding hydrogens is 228 g/mol. The van der Waals surface area contributed by atoms with Crippen molar-refractivity contribution in [2.24, 2.45) is 5.92 Å². The van der Waals surface area contributed by atoms with Crippen LogP contribution in [0.5, 0.6) is 0 Å². The second-order valence-electron chi connectivity index (χ2n) is 5.18. The largest absolute Gasteiger partial charge is 0.383 e. The van der Waals surface area contributed by atoms with Crippen molar-refractivity contribution >= 4 is 0 Å². The number of nitrogens with zero attached hydrogens (tertiary/aromatic N) is 1. The average molecular weight is 258 g/mol. The summed E-state index contributed by atoms with van der Waals surface area (Å²) in [5.74, 6) is 0.595. The first-order valence-corrected chi connectivity index (χ1v) is 7.27. The molecule has 0 spiro atoms. The molecule has 4 nitrogen and oxygen atoms in total. The highest BCUT2D eigenvalue weighted by Gasteiger charge is 2.27. The summed E-state index contributed by atoms with van der Waals surface area (Å²) < 4.78 is 10.9. The standard InChI is InChI=1S/C14H30N2O2/c1-5-15-14-7-8-18-11-13(14)9-16(6-2)12(3)10-17-4/h12-15H,5-11H2,1-4H3. The third-order valence-corrected chi connectivity index (χ3v) is 3.85. The van der Waals surface area contributed by atoms with Crippen LogP contribution in [0.3, 0.4) is 0 Å². The number of rotatable bonds is 8.